The topological polar surface area (TPSA) is 62.7 Å². The van der Waals surface area contributed by atoms with Crippen molar-refractivity contribution in [1.29, 1.82) is 0 Å². The molecule has 3 heterocycles. The normalized spacial score (nSPS) is 19.3. The molecule has 1 aliphatic carbocycles. The average Bonchev–Trinajstić information content (AvgIpc) is 3.28. The van der Waals surface area contributed by atoms with Crippen LogP contribution in [-0.4, -0.2) is 20.3 Å². The van der Waals surface area contributed by atoms with Gasteiger partial charge in [-0.2, -0.15) is 0 Å². The third kappa shape index (κ3) is 1.99. The predicted octanol–water partition coefficient (Wildman–Crippen LogP) is 4.54. The number of aromatic nitrogens is 3. The number of allylic oxidation sites excluding steroid dienone is 2. The number of H-pyrrole nitrogens is 1. The van der Waals surface area contributed by atoms with Crippen LogP contribution in [0.1, 0.15) is 30.9 Å². The fourth-order valence-corrected chi connectivity index (χ4v) is 4.58. The zero-order valence-electron chi connectivity index (χ0n) is 14.7. The Kier molecular flexibility index (Phi) is 2.92. The highest BCUT2D eigenvalue weighted by Gasteiger charge is 2.37. The first-order valence-electron chi connectivity index (χ1n) is 9.37. The zero-order valence-corrected chi connectivity index (χ0v) is 14.7. The Morgan fingerprint density at radius 2 is 1.89 bits per heavy atom. The van der Waals surface area contributed by atoms with Crippen molar-refractivity contribution in [3.05, 3.63) is 71.6 Å². The van der Waals surface area contributed by atoms with Gasteiger partial charge in [-0.15, -0.1) is 0 Å². The number of ketones is 1. The summed E-state index contributed by atoms with van der Waals surface area (Å²) < 4.78 is 2.19. The van der Waals surface area contributed by atoms with Gasteiger partial charge in [-0.25, -0.2) is 4.98 Å². The quantitative estimate of drug-likeness (QED) is 0.527. The second kappa shape index (κ2) is 5.33. The number of para-hydroxylation sites is 3. The predicted molar refractivity (Wildman–Crippen MR) is 106 cm³/mol. The molecule has 27 heavy (non-hydrogen) atoms. The molecule has 132 valence electrons. The Morgan fingerprint density at radius 3 is 2.85 bits per heavy atom. The molecular formula is C22H18N4O. The van der Waals surface area contributed by atoms with Gasteiger partial charge in [0, 0.05) is 40.4 Å². The van der Waals surface area contributed by atoms with Crippen molar-refractivity contribution in [3.8, 4) is 0 Å². The van der Waals surface area contributed by atoms with E-state index in [1.165, 1.54) is 0 Å². The van der Waals surface area contributed by atoms with E-state index in [0.29, 0.717) is 6.42 Å². The van der Waals surface area contributed by atoms with Crippen molar-refractivity contribution in [1.82, 2.24) is 14.5 Å². The number of nitrogens with zero attached hydrogens (tertiary/aromatic N) is 2. The fraction of sp³-hybridized carbons (Fsp3) is 0.182. The number of fused-ring (bicyclic) bond motifs is 4. The summed E-state index contributed by atoms with van der Waals surface area (Å²) in [7, 11) is 0. The number of Topliss-reactive ketones (excluding diaryl/α,β-unsaturated/α-hetero) is 1. The molecule has 4 aromatic rings. The molecule has 6 rings (SSSR count). The smallest absolute Gasteiger partial charge is 0.209 e. The first-order valence-corrected chi connectivity index (χ1v) is 9.37. The second-order valence-electron chi connectivity index (χ2n) is 7.28. The molecule has 2 aliphatic rings. The lowest BCUT2D eigenvalue weighted by molar-refractivity contribution is -0.116. The van der Waals surface area contributed by atoms with Crippen LogP contribution in [0.5, 0.6) is 0 Å². The summed E-state index contributed by atoms with van der Waals surface area (Å²) in [5, 5.41) is 4.61. The van der Waals surface area contributed by atoms with E-state index >= 15 is 0 Å². The number of hydrogen-bond acceptors (Lipinski definition) is 3. The Balaban J connectivity index is 1.70. The Labute approximate surface area is 155 Å². The maximum Gasteiger partial charge on any atom is 0.209 e. The van der Waals surface area contributed by atoms with Gasteiger partial charge in [0.25, 0.3) is 0 Å². The fourth-order valence-electron chi connectivity index (χ4n) is 4.58. The molecule has 0 radical (unpaired) electrons. The minimum Gasteiger partial charge on any atom is -0.361 e. The van der Waals surface area contributed by atoms with Crippen LogP contribution in [0.3, 0.4) is 0 Å². The third-order valence-corrected chi connectivity index (χ3v) is 5.76. The van der Waals surface area contributed by atoms with Crippen LogP contribution in [0, 0.1) is 0 Å². The molecule has 2 aromatic heterocycles. The molecule has 0 fully saturated rings. The molecule has 2 N–H and O–H groups in total. The van der Waals surface area contributed by atoms with E-state index in [2.05, 4.69) is 33.1 Å². The number of carbonyl (C=O) groups is 1. The van der Waals surface area contributed by atoms with E-state index in [1.54, 1.807) is 0 Å². The van der Waals surface area contributed by atoms with Gasteiger partial charge in [-0.3, -0.25) is 9.36 Å². The lowest BCUT2D eigenvalue weighted by Crippen LogP contribution is -2.30. The number of aromatic amines is 1. The molecule has 0 bridgehead atoms. The number of hydrogen-bond donors (Lipinski definition) is 2. The van der Waals surface area contributed by atoms with Gasteiger partial charge in [0.1, 0.15) is 0 Å². The summed E-state index contributed by atoms with van der Waals surface area (Å²) in [4.78, 5) is 21.2. The van der Waals surface area contributed by atoms with Gasteiger partial charge in [-0.05, 0) is 31.0 Å². The number of nitrogens with one attached hydrogen (secondary N) is 2. The molecule has 1 atom stereocenters. The highest BCUT2D eigenvalue weighted by Crippen LogP contribution is 2.44. The molecule has 0 saturated carbocycles. The summed E-state index contributed by atoms with van der Waals surface area (Å²) in [5.74, 6) is 1.06. The van der Waals surface area contributed by atoms with Crippen LogP contribution in [0.15, 0.2) is 66.0 Å². The number of imidazole rings is 1. The van der Waals surface area contributed by atoms with Crippen molar-refractivity contribution >= 4 is 33.7 Å². The van der Waals surface area contributed by atoms with Crippen LogP contribution < -0.4 is 5.32 Å². The first-order chi connectivity index (χ1) is 13.3. The molecule has 0 spiro atoms. The van der Waals surface area contributed by atoms with E-state index in [9.17, 15) is 4.79 Å². The Hall–Kier alpha value is -3.34. The van der Waals surface area contributed by atoms with Gasteiger partial charge >= 0.3 is 0 Å². The zero-order chi connectivity index (χ0) is 18.0. The third-order valence-electron chi connectivity index (χ3n) is 5.76. The van der Waals surface area contributed by atoms with Crippen LogP contribution in [0.4, 0.5) is 5.95 Å². The van der Waals surface area contributed by atoms with Gasteiger partial charge in [0.05, 0.1) is 17.1 Å². The highest BCUT2D eigenvalue weighted by atomic mass is 16.1. The monoisotopic (exact) mass is 354 g/mol. The number of carbonyl (C=O) groups excluding carboxylic acids is 1. The lowest BCUT2D eigenvalue weighted by Gasteiger charge is -2.33. The largest absolute Gasteiger partial charge is 0.361 e. The number of benzene rings is 2. The second-order valence-corrected chi connectivity index (χ2v) is 7.28. The first kappa shape index (κ1) is 14.8. The molecule has 0 saturated heterocycles. The standard InChI is InChI=1S/C22H18N4O/c27-19-11-5-9-17-20(19)21(14-12-23-15-7-2-1-6-13(14)15)26-18-10-4-3-8-16(18)24-22(26)25-17/h1-4,6-8,10,12,21,23H,5,9,11H2,(H,24,25)/t21-/m1/s1. The molecule has 2 aromatic carbocycles. The summed E-state index contributed by atoms with van der Waals surface area (Å²) >= 11 is 0. The summed E-state index contributed by atoms with van der Waals surface area (Å²) in [6, 6.07) is 16.2. The van der Waals surface area contributed by atoms with E-state index in [1.807, 2.05) is 36.5 Å². The van der Waals surface area contributed by atoms with Gasteiger partial charge in [0.15, 0.2) is 5.78 Å². The summed E-state index contributed by atoms with van der Waals surface area (Å²) in [5.41, 5.74) is 6.12. The molecule has 1 aliphatic heterocycles. The SMILES string of the molecule is O=C1CCCC2=C1[C@@H](c1c[nH]c3ccccc13)n1c(nc3ccccc31)N2. The molecule has 5 heteroatoms. The van der Waals surface area contributed by atoms with Crippen molar-refractivity contribution in [2.24, 2.45) is 0 Å². The van der Waals surface area contributed by atoms with E-state index in [-0.39, 0.29) is 11.8 Å². The summed E-state index contributed by atoms with van der Waals surface area (Å²) in [6.07, 6.45) is 4.45. The van der Waals surface area contributed by atoms with Gasteiger partial charge in [0.2, 0.25) is 5.95 Å². The van der Waals surface area contributed by atoms with Crippen molar-refractivity contribution in [2.45, 2.75) is 25.3 Å². The minimum absolute atomic E-state index is 0.160. The molecule has 5 nitrogen and oxygen atoms in total. The summed E-state index contributed by atoms with van der Waals surface area (Å²) in [6.45, 7) is 0. The molecular weight excluding hydrogens is 336 g/mol. The number of rotatable bonds is 1. The van der Waals surface area contributed by atoms with Gasteiger partial charge < -0.3 is 10.3 Å². The Morgan fingerprint density at radius 1 is 1.04 bits per heavy atom. The van der Waals surface area contributed by atoms with Crippen molar-refractivity contribution in [2.75, 3.05) is 5.32 Å². The number of anilines is 1. The van der Waals surface area contributed by atoms with Crippen LogP contribution in [-0.2, 0) is 4.79 Å². The highest BCUT2D eigenvalue weighted by molar-refractivity contribution is 6.01. The lowest BCUT2D eigenvalue weighted by atomic mass is 9.85. The van der Waals surface area contributed by atoms with Crippen LogP contribution in [0.25, 0.3) is 21.9 Å². The van der Waals surface area contributed by atoms with Crippen molar-refractivity contribution < 1.29 is 4.79 Å². The van der Waals surface area contributed by atoms with Crippen LogP contribution >= 0.6 is 0 Å². The van der Waals surface area contributed by atoms with Crippen LogP contribution in [0.2, 0.25) is 0 Å². The van der Waals surface area contributed by atoms with E-state index in [0.717, 1.165) is 57.6 Å². The minimum atomic E-state index is -0.160. The molecule has 0 amide bonds. The van der Waals surface area contributed by atoms with Gasteiger partial charge in [-0.1, -0.05) is 30.3 Å². The maximum absolute atomic E-state index is 13.0. The average molecular weight is 354 g/mol. The Bertz CT molecular complexity index is 1260. The van der Waals surface area contributed by atoms with E-state index < -0.39 is 0 Å². The maximum atomic E-state index is 13.0. The molecule has 0 unspecified atom stereocenters. The van der Waals surface area contributed by atoms with E-state index in [4.69, 9.17) is 4.98 Å². The van der Waals surface area contributed by atoms with Crippen molar-refractivity contribution in [3.63, 3.8) is 0 Å².